The van der Waals surface area contributed by atoms with Gasteiger partial charge in [-0.2, -0.15) is 0 Å². The van der Waals surface area contributed by atoms with Crippen LogP contribution < -0.4 is 9.62 Å². The summed E-state index contributed by atoms with van der Waals surface area (Å²) < 4.78 is 25.3. The van der Waals surface area contributed by atoms with E-state index in [0.717, 1.165) is 48.6 Å². The van der Waals surface area contributed by atoms with E-state index in [0.29, 0.717) is 6.04 Å². The van der Waals surface area contributed by atoms with Gasteiger partial charge in [0.05, 0.1) is 11.9 Å². The molecule has 4 rings (SSSR count). The van der Waals surface area contributed by atoms with Crippen molar-refractivity contribution in [2.24, 2.45) is 0 Å². The molecule has 0 spiro atoms. The molecule has 7 heteroatoms. The first kappa shape index (κ1) is 17.4. The molecule has 1 aliphatic carbocycles. The first-order valence-electron chi connectivity index (χ1n) is 9.11. The van der Waals surface area contributed by atoms with Gasteiger partial charge in [-0.05, 0) is 44.2 Å². The first-order valence-corrected chi connectivity index (χ1v) is 11.0. The van der Waals surface area contributed by atoms with Crippen LogP contribution in [-0.2, 0) is 29.4 Å². The average molecular weight is 372 g/mol. The second-order valence-electron chi connectivity index (χ2n) is 7.28. The van der Waals surface area contributed by atoms with Crippen LogP contribution in [-0.4, -0.2) is 37.2 Å². The molecule has 0 amide bonds. The molecule has 0 radical (unpaired) electrons. The van der Waals surface area contributed by atoms with E-state index in [1.165, 1.54) is 23.9 Å². The Morgan fingerprint density at radius 1 is 1.27 bits per heavy atom. The zero-order valence-corrected chi connectivity index (χ0v) is 16.0. The van der Waals surface area contributed by atoms with Crippen LogP contribution in [0.3, 0.4) is 0 Å². The van der Waals surface area contributed by atoms with Gasteiger partial charge in [-0.15, -0.1) is 0 Å². The van der Waals surface area contributed by atoms with Gasteiger partial charge in [0.15, 0.2) is 0 Å². The first-order chi connectivity index (χ1) is 12.4. The van der Waals surface area contributed by atoms with Crippen molar-refractivity contribution < 1.29 is 8.42 Å². The predicted octanol–water partition coefficient (Wildman–Crippen LogP) is 2.28. The number of anilines is 1. The lowest BCUT2D eigenvalue weighted by Crippen LogP contribution is -2.46. The molecule has 6 nitrogen and oxygen atoms in total. The number of aryl methyl sites for hydroxylation is 1. The van der Waals surface area contributed by atoms with Crippen LogP contribution in [0.4, 0.5) is 5.95 Å². The molecule has 1 aromatic heterocycles. The molecule has 0 saturated carbocycles. The van der Waals surface area contributed by atoms with E-state index in [2.05, 4.69) is 16.5 Å². The van der Waals surface area contributed by atoms with E-state index in [9.17, 15) is 8.42 Å². The smallest absolute Gasteiger partial charge is 0.226 e. The highest BCUT2D eigenvalue weighted by atomic mass is 32.2. The van der Waals surface area contributed by atoms with Crippen LogP contribution in [0.5, 0.6) is 0 Å². The van der Waals surface area contributed by atoms with E-state index in [-0.39, 0.29) is 6.54 Å². The van der Waals surface area contributed by atoms with Gasteiger partial charge in [0, 0.05) is 36.0 Å². The van der Waals surface area contributed by atoms with E-state index in [1.807, 2.05) is 24.3 Å². The van der Waals surface area contributed by atoms with Gasteiger partial charge in [0.2, 0.25) is 16.0 Å². The van der Waals surface area contributed by atoms with Crippen LogP contribution in [0.1, 0.15) is 36.6 Å². The van der Waals surface area contributed by atoms with Crippen molar-refractivity contribution in [3.8, 4) is 11.3 Å². The van der Waals surface area contributed by atoms with Gasteiger partial charge in [-0.1, -0.05) is 18.2 Å². The molecule has 1 aromatic carbocycles. The van der Waals surface area contributed by atoms with Crippen LogP contribution in [0.15, 0.2) is 24.3 Å². The number of nitrogens with one attached hydrogen (secondary N) is 1. The largest absolute Gasteiger partial charge is 0.338 e. The summed E-state index contributed by atoms with van der Waals surface area (Å²) in [6.07, 6.45) is 5.49. The van der Waals surface area contributed by atoms with Crippen molar-refractivity contribution in [3.63, 3.8) is 0 Å². The number of benzene rings is 1. The molecule has 2 aliphatic rings. The summed E-state index contributed by atoms with van der Waals surface area (Å²) in [5.74, 6) is 0.832. The molecule has 1 unspecified atom stereocenters. The fourth-order valence-corrected chi connectivity index (χ4v) is 4.07. The Kier molecular flexibility index (Phi) is 4.44. The molecule has 1 saturated heterocycles. The number of sulfonamides is 1. The standard InChI is InChI=1S/C19H24N4O2S/c1-13-9-10-23(13)19-21-17-8-4-7-16(17)18(22-19)15-6-3-5-14(11-15)12-20-26(2,24)25/h3,5-6,11,13,20H,4,7-10,12H2,1-2H3. The summed E-state index contributed by atoms with van der Waals surface area (Å²) in [5, 5.41) is 0. The van der Waals surface area contributed by atoms with Crippen molar-refractivity contribution in [2.75, 3.05) is 17.7 Å². The monoisotopic (exact) mass is 372 g/mol. The van der Waals surface area contributed by atoms with E-state index < -0.39 is 10.0 Å². The zero-order chi connectivity index (χ0) is 18.3. The van der Waals surface area contributed by atoms with Crippen molar-refractivity contribution in [3.05, 3.63) is 41.1 Å². The minimum absolute atomic E-state index is 0.288. The lowest BCUT2D eigenvalue weighted by molar-refractivity contribution is 0.470. The molecular weight excluding hydrogens is 348 g/mol. The Bertz CT molecular complexity index is 943. The molecule has 1 atom stereocenters. The summed E-state index contributed by atoms with van der Waals surface area (Å²) in [6.45, 7) is 3.50. The van der Waals surface area contributed by atoms with Gasteiger partial charge in [-0.3, -0.25) is 0 Å². The molecule has 1 aliphatic heterocycles. The third-order valence-electron chi connectivity index (χ3n) is 5.24. The molecule has 138 valence electrons. The SMILES string of the molecule is CC1CCN1c1nc2c(c(-c3cccc(CNS(C)(=O)=O)c3)n1)CCC2. The predicted molar refractivity (Wildman–Crippen MR) is 103 cm³/mol. The van der Waals surface area contributed by atoms with Crippen LogP contribution >= 0.6 is 0 Å². The molecule has 2 aromatic rings. The topological polar surface area (TPSA) is 75.2 Å². The maximum Gasteiger partial charge on any atom is 0.226 e. The van der Waals surface area contributed by atoms with Gasteiger partial charge in [-0.25, -0.2) is 23.1 Å². The Hall–Kier alpha value is -1.99. The van der Waals surface area contributed by atoms with Gasteiger partial charge in [0.1, 0.15) is 0 Å². The maximum atomic E-state index is 11.4. The highest BCUT2D eigenvalue weighted by Crippen LogP contribution is 2.34. The van der Waals surface area contributed by atoms with E-state index in [1.54, 1.807) is 0 Å². The summed E-state index contributed by atoms with van der Waals surface area (Å²) in [7, 11) is -3.21. The number of nitrogens with zero attached hydrogens (tertiary/aromatic N) is 3. The highest BCUT2D eigenvalue weighted by Gasteiger charge is 2.29. The molecule has 0 bridgehead atoms. The summed E-state index contributed by atoms with van der Waals surface area (Å²) in [6, 6.07) is 8.47. The van der Waals surface area contributed by atoms with Crippen molar-refractivity contribution >= 4 is 16.0 Å². The Morgan fingerprint density at radius 3 is 2.81 bits per heavy atom. The average Bonchev–Trinajstić information content (AvgIpc) is 3.06. The lowest BCUT2D eigenvalue weighted by Gasteiger charge is -2.39. The van der Waals surface area contributed by atoms with Crippen molar-refractivity contribution in [2.45, 2.75) is 45.2 Å². The molecule has 2 heterocycles. The van der Waals surface area contributed by atoms with Gasteiger partial charge in [0.25, 0.3) is 0 Å². The Balaban J connectivity index is 1.71. The Morgan fingerprint density at radius 2 is 2.12 bits per heavy atom. The fourth-order valence-electron chi connectivity index (χ4n) is 3.64. The molecular formula is C19H24N4O2S. The van der Waals surface area contributed by atoms with E-state index >= 15 is 0 Å². The van der Waals surface area contributed by atoms with Crippen LogP contribution in [0, 0.1) is 0 Å². The van der Waals surface area contributed by atoms with Crippen LogP contribution in [0.25, 0.3) is 11.3 Å². The summed E-state index contributed by atoms with van der Waals surface area (Å²) >= 11 is 0. The fraction of sp³-hybridized carbons (Fsp3) is 0.474. The second kappa shape index (κ2) is 6.63. The van der Waals surface area contributed by atoms with Gasteiger partial charge >= 0.3 is 0 Å². The number of hydrogen-bond donors (Lipinski definition) is 1. The Labute approximate surface area is 154 Å². The third-order valence-corrected chi connectivity index (χ3v) is 5.91. The maximum absolute atomic E-state index is 11.4. The third kappa shape index (κ3) is 3.46. The number of aromatic nitrogens is 2. The minimum Gasteiger partial charge on any atom is -0.338 e. The normalized spacial score (nSPS) is 19.3. The number of fused-ring (bicyclic) bond motifs is 1. The van der Waals surface area contributed by atoms with Gasteiger partial charge < -0.3 is 4.90 Å². The highest BCUT2D eigenvalue weighted by molar-refractivity contribution is 7.88. The number of rotatable bonds is 5. The van der Waals surface area contributed by atoms with Crippen LogP contribution in [0.2, 0.25) is 0 Å². The summed E-state index contributed by atoms with van der Waals surface area (Å²) in [5.41, 5.74) is 5.38. The molecule has 26 heavy (non-hydrogen) atoms. The quantitative estimate of drug-likeness (QED) is 0.871. The van der Waals surface area contributed by atoms with Crippen molar-refractivity contribution in [1.29, 1.82) is 0 Å². The van der Waals surface area contributed by atoms with E-state index in [4.69, 9.17) is 9.97 Å². The molecule has 1 fully saturated rings. The zero-order valence-electron chi connectivity index (χ0n) is 15.2. The second-order valence-corrected chi connectivity index (χ2v) is 9.11. The number of hydrogen-bond acceptors (Lipinski definition) is 5. The summed E-state index contributed by atoms with van der Waals surface area (Å²) in [4.78, 5) is 12.0. The minimum atomic E-state index is -3.21. The van der Waals surface area contributed by atoms with Crippen molar-refractivity contribution in [1.82, 2.24) is 14.7 Å². The lowest BCUT2D eigenvalue weighted by atomic mass is 10.0. The molecule has 1 N–H and O–H groups in total.